The van der Waals surface area contributed by atoms with E-state index in [0.717, 1.165) is 5.69 Å². The Morgan fingerprint density at radius 1 is 1.06 bits per heavy atom. The molecule has 90 valence electrons. The van der Waals surface area contributed by atoms with Crippen LogP contribution in [-0.4, -0.2) is 5.11 Å². The number of hydrogen-bond donors (Lipinski definition) is 1. The SMILES string of the molecule is N#CN(c1ccccc1)C(Br)c1ccccc1O. The third kappa shape index (κ3) is 2.47. The maximum atomic E-state index is 9.81. The lowest BCUT2D eigenvalue weighted by Gasteiger charge is -2.22. The van der Waals surface area contributed by atoms with Crippen molar-refractivity contribution in [2.75, 3.05) is 4.90 Å². The average molecular weight is 303 g/mol. The normalized spacial score (nSPS) is 11.6. The number of phenolic OH excluding ortho intramolecular Hbond substituents is 1. The van der Waals surface area contributed by atoms with Crippen molar-refractivity contribution in [3.8, 4) is 11.9 Å². The Balaban J connectivity index is 2.36. The number of rotatable bonds is 3. The van der Waals surface area contributed by atoms with Gasteiger partial charge in [-0.1, -0.05) is 52.3 Å². The first-order chi connectivity index (χ1) is 8.74. The van der Waals surface area contributed by atoms with E-state index in [9.17, 15) is 10.4 Å². The van der Waals surface area contributed by atoms with Crippen LogP contribution in [0.2, 0.25) is 0 Å². The minimum atomic E-state index is -0.397. The van der Waals surface area contributed by atoms with Gasteiger partial charge in [0.15, 0.2) is 6.19 Å². The van der Waals surface area contributed by atoms with E-state index < -0.39 is 4.95 Å². The van der Waals surface area contributed by atoms with Gasteiger partial charge in [0, 0.05) is 5.56 Å². The van der Waals surface area contributed by atoms with Crippen LogP contribution in [0.1, 0.15) is 10.5 Å². The lowest BCUT2D eigenvalue weighted by atomic mass is 10.2. The Morgan fingerprint density at radius 2 is 1.67 bits per heavy atom. The van der Waals surface area contributed by atoms with E-state index in [4.69, 9.17) is 0 Å². The molecular formula is C14H11BrN2O. The summed E-state index contributed by atoms with van der Waals surface area (Å²) in [6, 6.07) is 16.3. The van der Waals surface area contributed by atoms with Gasteiger partial charge in [-0.3, -0.25) is 4.90 Å². The molecular weight excluding hydrogens is 292 g/mol. The Kier molecular flexibility index (Phi) is 3.85. The highest BCUT2D eigenvalue weighted by Crippen LogP contribution is 2.35. The molecule has 0 amide bonds. The van der Waals surface area contributed by atoms with Crippen LogP contribution in [0.5, 0.6) is 5.75 Å². The topological polar surface area (TPSA) is 47.3 Å². The second-order valence-corrected chi connectivity index (χ2v) is 4.57. The fourth-order valence-electron chi connectivity index (χ4n) is 1.66. The predicted octanol–water partition coefficient (Wildman–Crippen LogP) is 3.77. The molecule has 0 radical (unpaired) electrons. The molecule has 4 heteroatoms. The number of alkyl halides is 1. The Morgan fingerprint density at radius 3 is 2.28 bits per heavy atom. The van der Waals surface area contributed by atoms with Crippen LogP contribution in [0.15, 0.2) is 54.6 Å². The molecule has 2 aromatic carbocycles. The molecule has 0 aliphatic heterocycles. The van der Waals surface area contributed by atoms with Gasteiger partial charge in [-0.05, 0) is 18.2 Å². The van der Waals surface area contributed by atoms with Crippen molar-refractivity contribution in [2.24, 2.45) is 0 Å². The van der Waals surface area contributed by atoms with Crippen molar-refractivity contribution >= 4 is 21.6 Å². The Hall–Kier alpha value is -1.99. The highest BCUT2D eigenvalue weighted by atomic mass is 79.9. The lowest BCUT2D eigenvalue weighted by molar-refractivity contribution is 0.468. The molecule has 0 aromatic heterocycles. The quantitative estimate of drug-likeness (QED) is 0.406. The van der Waals surface area contributed by atoms with Crippen LogP contribution >= 0.6 is 15.9 Å². The van der Waals surface area contributed by atoms with Gasteiger partial charge in [0.05, 0.1) is 5.69 Å². The molecule has 2 aromatic rings. The summed E-state index contributed by atoms with van der Waals surface area (Å²) in [5.41, 5.74) is 1.42. The Labute approximate surface area is 114 Å². The first-order valence-electron chi connectivity index (χ1n) is 5.40. The van der Waals surface area contributed by atoms with Crippen LogP contribution in [0.3, 0.4) is 0 Å². The molecule has 0 bridgehead atoms. The van der Waals surface area contributed by atoms with Crippen LogP contribution in [0.4, 0.5) is 5.69 Å². The van der Waals surface area contributed by atoms with Gasteiger partial charge in [-0.15, -0.1) is 0 Å². The summed E-state index contributed by atoms with van der Waals surface area (Å²) < 4.78 is 0. The van der Waals surface area contributed by atoms with Crippen molar-refractivity contribution < 1.29 is 5.11 Å². The zero-order chi connectivity index (χ0) is 13.0. The van der Waals surface area contributed by atoms with E-state index >= 15 is 0 Å². The molecule has 0 saturated heterocycles. The second kappa shape index (κ2) is 5.56. The highest BCUT2D eigenvalue weighted by molar-refractivity contribution is 9.09. The maximum absolute atomic E-state index is 9.81. The molecule has 0 aliphatic carbocycles. The summed E-state index contributed by atoms with van der Waals surface area (Å²) in [7, 11) is 0. The van der Waals surface area contributed by atoms with E-state index in [1.165, 1.54) is 4.90 Å². The number of benzene rings is 2. The van der Waals surface area contributed by atoms with Gasteiger partial charge >= 0.3 is 0 Å². The number of halogens is 1. The van der Waals surface area contributed by atoms with Gasteiger partial charge in [-0.2, -0.15) is 5.26 Å². The molecule has 3 nitrogen and oxygen atoms in total. The molecule has 0 saturated carbocycles. The summed E-state index contributed by atoms with van der Waals surface area (Å²) >= 11 is 3.44. The molecule has 0 aliphatic rings. The molecule has 0 fully saturated rings. The minimum Gasteiger partial charge on any atom is -0.508 e. The molecule has 1 unspecified atom stereocenters. The van der Waals surface area contributed by atoms with Gasteiger partial charge in [-0.25, -0.2) is 0 Å². The highest BCUT2D eigenvalue weighted by Gasteiger charge is 2.20. The minimum absolute atomic E-state index is 0.163. The third-order valence-electron chi connectivity index (χ3n) is 2.56. The molecule has 1 atom stereocenters. The summed E-state index contributed by atoms with van der Waals surface area (Å²) in [6.07, 6.45) is 2.12. The standard InChI is InChI=1S/C14H11BrN2O/c15-14(12-8-4-5-9-13(12)18)17(10-16)11-6-2-1-3-7-11/h1-9,14,18H. The monoisotopic (exact) mass is 302 g/mol. The molecule has 0 heterocycles. The van der Waals surface area contributed by atoms with Gasteiger partial charge < -0.3 is 5.11 Å². The third-order valence-corrected chi connectivity index (χ3v) is 3.46. The van der Waals surface area contributed by atoms with Crippen molar-refractivity contribution in [1.82, 2.24) is 0 Å². The average Bonchev–Trinajstić information content (AvgIpc) is 2.41. The summed E-state index contributed by atoms with van der Waals surface area (Å²) in [4.78, 5) is 1.10. The molecule has 1 N–H and O–H groups in total. The second-order valence-electron chi connectivity index (χ2n) is 3.70. The van der Waals surface area contributed by atoms with E-state index in [1.807, 2.05) is 36.4 Å². The lowest BCUT2D eigenvalue weighted by Crippen LogP contribution is -2.18. The van der Waals surface area contributed by atoms with E-state index in [1.54, 1.807) is 18.2 Å². The van der Waals surface area contributed by atoms with Crippen LogP contribution in [-0.2, 0) is 0 Å². The predicted molar refractivity (Wildman–Crippen MR) is 74.3 cm³/mol. The fraction of sp³-hybridized carbons (Fsp3) is 0.0714. The number of nitrogens with zero attached hydrogens (tertiary/aromatic N) is 2. The van der Waals surface area contributed by atoms with Crippen LogP contribution < -0.4 is 4.90 Å². The number of anilines is 1. The molecule has 18 heavy (non-hydrogen) atoms. The summed E-state index contributed by atoms with van der Waals surface area (Å²) in [5, 5.41) is 19.1. The smallest absolute Gasteiger partial charge is 0.185 e. The van der Waals surface area contributed by atoms with E-state index in [0.29, 0.717) is 5.56 Å². The number of aromatic hydroxyl groups is 1. The van der Waals surface area contributed by atoms with E-state index in [-0.39, 0.29) is 5.75 Å². The zero-order valence-corrected chi connectivity index (χ0v) is 11.1. The number of hydrogen-bond acceptors (Lipinski definition) is 3. The number of para-hydroxylation sites is 2. The van der Waals surface area contributed by atoms with Crippen LogP contribution in [0.25, 0.3) is 0 Å². The zero-order valence-electron chi connectivity index (χ0n) is 9.49. The van der Waals surface area contributed by atoms with Crippen molar-refractivity contribution in [3.05, 3.63) is 60.2 Å². The fourth-order valence-corrected chi connectivity index (χ4v) is 2.37. The largest absolute Gasteiger partial charge is 0.508 e. The van der Waals surface area contributed by atoms with Crippen molar-refractivity contribution in [1.29, 1.82) is 5.26 Å². The first-order valence-corrected chi connectivity index (χ1v) is 6.31. The summed E-state index contributed by atoms with van der Waals surface area (Å²) in [6.45, 7) is 0. The van der Waals surface area contributed by atoms with Crippen molar-refractivity contribution in [2.45, 2.75) is 4.95 Å². The first kappa shape index (κ1) is 12.5. The number of phenols is 1. The van der Waals surface area contributed by atoms with E-state index in [2.05, 4.69) is 22.1 Å². The maximum Gasteiger partial charge on any atom is 0.185 e. The summed E-state index contributed by atoms with van der Waals surface area (Å²) in [5.74, 6) is 0.163. The van der Waals surface area contributed by atoms with Gasteiger partial charge in [0.2, 0.25) is 0 Å². The number of nitriles is 1. The molecule has 0 spiro atoms. The van der Waals surface area contributed by atoms with Crippen molar-refractivity contribution in [3.63, 3.8) is 0 Å². The van der Waals surface area contributed by atoms with Crippen LogP contribution in [0, 0.1) is 11.5 Å². The molecule has 2 rings (SSSR count). The van der Waals surface area contributed by atoms with Gasteiger partial charge in [0.1, 0.15) is 10.7 Å². The Bertz CT molecular complexity index is 566. The van der Waals surface area contributed by atoms with Gasteiger partial charge in [0.25, 0.3) is 0 Å².